The Morgan fingerprint density at radius 2 is 1.67 bits per heavy atom. The van der Waals surface area contributed by atoms with Crippen LogP contribution in [0.25, 0.3) is 0 Å². The Bertz CT molecular complexity index is 502. The van der Waals surface area contributed by atoms with E-state index in [1.165, 1.54) is 0 Å². The fraction of sp³-hybridized carbons (Fsp3) is 0.143. The van der Waals surface area contributed by atoms with Crippen molar-refractivity contribution in [3.8, 4) is 11.5 Å². The zero-order valence-electron chi connectivity index (χ0n) is 9.80. The summed E-state index contributed by atoms with van der Waals surface area (Å²) in [6.07, 6.45) is 0. The lowest BCUT2D eigenvalue weighted by atomic mass is 10.3. The van der Waals surface area contributed by atoms with Gasteiger partial charge in [0.1, 0.15) is 24.7 Å². The zero-order valence-corrected chi connectivity index (χ0v) is 11.4. The van der Waals surface area contributed by atoms with Crippen LogP contribution in [0.1, 0.15) is 0 Å². The number of benzene rings is 2. The molecule has 3 nitrogen and oxygen atoms in total. The first-order valence-electron chi connectivity index (χ1n) is 5.61. The van der Waals surface area contributed by atoms with Gasteiger partial charge >= 0.3 is 0 Å². The number of anilines is 1. The van der Waals surface area contributed by atoms with Gasteiger partial charge in [-0.2, -0.15) is 0 Å². The molecule has 4 heteroatoms. The highest BCUT2D eigenvalue weighted by molar-refractivity contribution is 9.10. The van der Waals surface area contributed by atoms with Gasteiger partial charge in [-0.25, -0.2) is 0 Å². The maximum absolute atomic E-state index is 5.65. The monoisotopic (exact) mass is 307 g/mol. The molecule has 0 amide bonds. The molecule has 0 aromatic heterocycles. The van der Waals surface area contributed by atoms with Gasteiger partial charge in [0.05, 0.1) is 4.47 Å². The Kier molecular flexibility index (Phi) is 4.47. The molecule has 0 saturated heterocycles. The summed E-state index contributed by atoms with van der Waals surface area (Å²) < 4.78 is 12.0. The van der Waals surface area contributed by atoms with Crippen LogP contribution in [0.15, 0.2) is 53.0 Å². The van der Waals surface area contributed by atoms with Gasteiger partial charge in [-0.3, -0.25) is 0 Å². The Morgan fingerprint density at radius 3 is 2.39 bits per heavy atom. The summed E-state index contributed by atoms with van der Waals surface area (Å²) in [5, 5.41) is 0. The molecular formula is C14H14BrNO2. The van der Waals surface area contributed by atoms with Crippen molar-refractivity contribution in [3.63, 3.8) is 0 Å². The first-order chi connectivity index (χ1) is 8.75. The number of hydrogen-bond donors (Lipinski definition) is 1. The van der Waals surface area contributed by atoms with Gasteiger partial charge < -0.3 is 15.2 Å². The van der Waals surface area contributed by atoms with E-state index in [2.05, 4.69) is 15.9 Å². The van der Waals surface area contributed by atoms with Gasteiger partial charge in [-0.15, -0.1) is 0 Å². The number of ether oxygens (including phenoxy) is 2. The summed E-state index contributed by atoms with van der Waals surface area (Å²) >= 11 is 3.40. The summed E-state index contributed by atoms with van der Waals surface area (Å²) in [5.74, 6) is 1.61. The molecule has 94 valence electrons. The normalized spacial score (nSPS) is 10.1. The van der Waals surface area contributed by atoms with Crippen LogP contribution in [0.5, 0.6) is 11.5 Å². The van der Waals surface area contributed by atoms with Gasteiger partial charge in [-0.05, 0) is 46.3 Å². The molecule has 0 aliphatic heterocycles. The molecule has 0 bridgehead atoms. The minimum absolute atomic E-state index is 0.484. The summed E-state index contributed by atoms with van der Waals surface area (Å²) in [4.78, 5) is 0. The van der Waals surface area contributed by atoms with Gasteiger partial charge in [0.25, 0.3) is 0 Å². The molecule has 0 aliphatic carbocycles. The number of rotatable bonds is 5. The molecule has 2 aromatic carbocycles. The Labute approximate surface area is 115 Å². The van der Waals surface area contributed by atoms with E-state index in [0.29, 0.717) is 18.9 Å². The van der Waals surface area contributed by atoms with E-state index in [9.17, 15) is 0 Å². The van der Waals surface area contributed by atoms with Gasteiger partial charge in [0.2, 0.25) is 0 Å². The number of hydrogen-bond acceptors (Lipinski definition) is 3. The van der Waals surface area contributed by atoms with Crippen LogP contribution in [0.3, 0.4) is 0 Å². The second-order valence-corrected chi connectivity index (χ2v) is 4.55. The molecule has 0 atom stereocenters. The number of para-hydroxylation sites is 1. The molecule has 2 N–H and O–H groups in total. The lowest BCUT2D eigenvalue weighted by Crippen LogP contribution is -2.09. The molecule has 18 heavy (non-hydrogen) atoms. The fourth-order valence-corrected chi connectivity index (χ4v) is 1.97. The molecule has 0 radical (unpaired) electrons. The Hall–Kier alpha value is -1.68. The van der Waals surface area contributed by atoms with Crippen molar-refractivity contribution in [2.45, 2.75) is 0 Å². The average Bonchev–Trinajstić information content (AvgIpc) is 2.38. The van der Waals surface area contributed by atoms with Crippen molar-refractivity contribution < 1.29 is 9.47 Å². The fourth-order valence-electron chi connectivity index (χ4n) is 1.46. The van der Waals surface area contributed by atoms with Crippen LogP contribution in [-0.2, 0) is 0 Å². The molecule has 0 fully saturated rings. The highest BCUT2D eigenvalue weighted by atomic mass is 79.9. The smallest absolute Gasteiger partial charge is 0.133 e. The Morgan fingerprint density at radius 1 is 0.944 bits per heavy atom. The largest absolute Gasteiger partial charge is 0.490 e. The summed E-state index contributed by atoms with van der Waals surface area (Å²) in [6, 6.07) is 15.1. The third-order valence-corrected chi connectivity index (χ3v) is 2.93. The molecule has 0 aliphatic rings. The number of nitrogen functional groups attached to an aromatic ring is 1. The quantitative estimate of drug-likeness (QED) is 0.679. The maximum atomic E-state index is 5.65. The van der Waals surface area contributed by atoms with Crippen molar-refractivity contribution in [2.24, 2.45) is 0 Å². The second kappa shape index (κ2) is 6.31. The van der Waals surface area contributed by atoms with E-state index in [-0.39, 0.29) is 0 Å². The molecular weight excluding hydrogens is 294 g/mol. The SMILES string of the molecule is Nc1ccc(OCCOc2ccccc2)c(Br)c1. The van der Waals surface area contributed by atoms with E-state index in [1.54, 1.807) is 6.07 Å². The highest BCUT2D eigenvalue weighted by Gasteiger charge is 2.01. The lowest BCUT2D eigenvalue weighted by Gasteiger charge is -2.09. The molecule has 2 rings (SSSR count). The van der Waals surface area contributed by atoms with Crippen molar-refractivity contribution in [1.29, 1.82) is 0 Å². The summed E-state index contributed by atoms with van der Waals surface area (Å²) in [5.41, 5.74) is 6.35. The van der Waals surface area contributed by atoms with Gasteiger partial charge in [0.15, 0.2) is 0 Å². The molecule has 0 unspecified atom stereocenters. The third kappa shape index (κ3) is 3.67. The topological polar surface area (TPSA) is 44.5 Å². The van der Waals surface area contributed by atoms with Gasteiger partial charge in [0, 0.05) is 5.69 Å². The third-order valence-electron chi connectivity index (χ3n) is 2.31. The Balaban J connectivity index is 1.79. The van der Waals surface area contributed by atoms with Gasteiger partial charge in [-0.1, -0.05) is 18.2 Å². The van der Waals surface area contributed by atoms with E-state index < -0.39 is 0 Å². The van der Waals surface area contributed by atoms with Crippen molar-refractivity contribution in [2.75, 3.05) is 18.9 Å². The first kappa shape index (κ1) is 12.8. The highest BCUT2D eigenvalue weighted by Crippen LogP contribution is 2.26. The van der Waals surface area contributed by atoms with Crippen LogP contribution in [0.2, 0.25) is 0 Å². The molecule has 0 saturated carbocycles. The van der Waals surface area contributed by atoms with Crippen LogP contribution >= 0.6 is 15.9 Å². The van der Waals surface area contributed by atoms with E-state index >= 15 is 0 Å². The first-order valence-corrected chi connectivity index (χ1v) is 6.40. The van der Waals surface area contributed by atoms with Crippen LogP contribution < -0.4 is 15.2 Å². The molecule has 2 aromatic rings. The molecule has 0 spiro atoms. The molecule has 0 heterocycles. The predicted molar refractivity (Wildman–Crippen MR) is 76.0 cm³/mol. The summed E-state index contributed by atoms with van der Waals surface area (Å²) in [6.45, 7) is 0.984. The number of nitrogens with two attached hydrogens (primary N) is 1. The number of halogens is 1. The van der Waals surface area contributed by atoms with Crippen molar-refractivity contribution >= 4 is 21.6 Å². The second-order valence-electron chi connectivity index (χ2n) is 3.70. The minimum atomic E-state index is 0.484. The average molecular weight is 308 g/mol. The van der Waals surface area contributed by atoms with Crippen LogP contribution in [0, 0.1) is 0 Å². The standard InChI is InChI=1S/C14H14BrNO2/c15-13-10-11(16)6-7-14(13)18-9-8-17-12-4-2-1-3-5-12/h1-7,10H,8-9,16H2. The lowest BCUT2D eigenvalue weighted by molar-refractivity contribution is 0.216. The van der Waals surface area contributed by atoms with E-state index in [0.717, 1.165) is 16.0 Å². The van der Waals surface area contributed by atoms with E-state index in [1.807, 2.05) is 42.5 Å². The minimum Gasteiger partial charge on any atom is -0.490 e. The van der Waals surface area contributed by atoms with Crippen LogP contribution in [0.4, 0.5) is 5.69 Å². The predicted octanol–water partition coefficient (Wildman–Crippen LogP) is 3.49. The summed E-state index contributed by atoms with van der Waals surface area (Å²) in [7, 11) is 0. The van der Waals surface area contributed by atoms with Crippen molar-refractivity contribution in [3.05, 3.63) is 53.0 Å². The van der Waals surface area contributed by atoms with Crippen molar-refractivity contribution in [1.82, 2.24) is 0 Å². The van der Waals surface area contributed by atoms with Crippen LogP contribution in [-0.4, -0.2) is 13.2 Å². The van der Waals surface area contributed by atoms with E-state index in [4.69, 9.17) is 15.2 Å². The maximum Gasteiger partial charge on any atom is 0.133 e. The zero-order chi connectivity index (χ0) is 12.8.